The van der Waals surface area contributed by atoms with Crippen LogP contribution in [0.5, 0.6) is 0 Å². The number of ether oxygens (including phenoxy) is 1. The Morgan fingerprint density at radius 3 is 2.67 bits per heavy atom. The molecule has 1 aromatic carbocycles. The monoisotopic (exact) mass is 333 g/mol. The molecule has 0 aliphatic rings. The maximum Gasteiger partial charge on any atom is 0.306 e. The molecule has 0 aliphatic heterocycles. The zero-order valence-electron chi connectivity index (χ0n) is 11.6. The average Bonchev–Trinajstić information content (AvgIpc) is 2.42. The molecule has 1 amide bonds. The largest absolute Gasteiger partial charge is 0.481 e. The van der Waals surface area contributed by atoms with Crippen molar-refractivity contribution >= 4 is 35.1 Å². The summed E-state index contributed by atoms with van der Waals surface area (Å²) >= 11 is 11.8. The number of methoxy groups -OCH3 is 1. The van der Waals surface area contributed by atoms with E-state index < -0.39 is 12.1 Å². The minimum Gasteiger partial charge on any atom is -0.481 e. The van der Waals surface area contributed by atoms with Crippen molar-refractivity contribution in [2.24, 2.45) is 0 Å². The normalized spacial score (nSPS) is 12.0. The summed E-state index contributed by atoms with van der Waals surface area (Å²) in [5.74, 6) is -1.16. The van der Waals surface area contributed by atoms with Crippen LogP contribution in [0.4, 0.5) is 0 Å². The van der Waals surface area contributed by atoms with Crippen LogP contribution in [0.1, 0.15) is 18.4 Å². The summed E-state index contributed by atoms with van der Waals surface area (Å²) in [5, 5.41) is 12.4. The summed E-state index contributed by atoms with van der Waals surface area (Å²) in [6.45, 7) is 0.163. The third-order valence-corrected chi connectivity index (χ3v) is 3.49. The van der Waals surface area contributed by atoms with E-state index in [0.717, 1.165) is 5.56 Å². The average molecular weight is 334 g/mol. The summed E-state index contributed by atoms with van der Waals surface area (Å²) in [6, 6.07) is 5.12. The van der Waals surface area contributed by atoms with Crippen LogP contribution in [0.25, 0.3) is 0 Å². The Hall–Kier alpha value is -1.30. The quantitative estimate of drug-likeness (QED) is 0.766. The van der Waals surface area contributed by atoms with E-state index in [1.165, 1.54) is 7.11 Å². The van der Waals surface area contributed by atoms with Gasteiger partial charge in [-0.3, -0.25) is 9.59 Å². The molecule has 0 aromatic heterocycles. The van der Waals surface area contributed by atoms with Gasteiger partial charge < -0.3 is 15.2 Å². The van der Waals surface area contributed by atoms with Crippen molar-refractivity contribution in [1.29, 1.82) is 0 Å². The molecule has 116 valence electrons. The van der Waals surface area contributed by atoms with E-state index in [1.807, 2.05) is 0 Å². The molecule has 2 N–H and O–H groups in total. The van der Waals surface area contributed by atoms with Gasteiger partial charge in [0, 0.05) is 30.1 Å². The van der Waals surface area contributed by atoms with E-state index in [-0.39, 0.29) is 25.3 Å². The highest BCUT2D eigenvalue weighted by molar-refractivity contribution is 6.35. The Morgan fingerprint density at radius 1 is 1.38 bits per heavy atom. The number of benzene rings is 1. The molecule has 7 heteroatoms. The maximum atomic E-state index is 11.7. The van der Waals surface area contributed by atoms with Gasteiger partial charge in [0.1, 0.15) is 0 Å². The number of nitrogens with one attached hydrogen (secondary N) is 1. The predicted molar refractivity (Wildman–Crippen MR) is 80.8 cm³/mol. The first-order valence-corrected chi connectivity index (χ1v) is 7.13. The molecule has 5 nitrogen and oxygen atoms in total. The van der Waals surface area contributed by atoms with Crippen molar-refractivity contribution in [2.75, 3.05) is 13.7 Å². The van der Waals surface area contributed by atoms with Gasteiger partial charge in [-0.1, -0.05) is 29.3 Å². The molecule has 1 atom stereocenters. The number of carboxylic acids is 1. The van der Waals surface area contributed by atoms with Crippen LogP contribution in [-0.4, -0.2) is 36.7 Å². The van der Waals surface area contributed by atoms with Crippen molar-refractivity contribution in [2.45, 2.75) is 25.4 Å². The number of hydrogen-bond acceptors (Lipinski definition) is 3. The lowest BCUT2D eigenvalue weighted by Gasteiger charge is -2.14. The maximum absolute atomic E-state index is 11.7. The van der Waals surface area contributed by atoms with Gasteiger partial charge in [0.15, 0.2) is 0 Å². The van der Waals surface area contributed by atoms with Crippen LogP contribution in [0, 0.1) is 0 Å². The first-order chi connectivity index (χ1) is 9.92. The summed E-state index contributed by atoms with van der Waals surface area (Å²) in [5.41, 5.74) is 0.838. The lowest BCUT2D eigenvalue weighted by molar-refractivity contribution is -0.140. The lowest BCUT2D eigenvalue weighted by Crippen LogP contribution is -2.34. The van der Waals surface area contributed by atoms with Crippen LogP contribution in [-0.2, 0) is 20.7 Å². The first kappa shape index (κ1) is 17.8. The molecule has 0 heterocycles. The second-order valence-corrected chi connectivity index (χ2v) is 5.34. The summed E-state index contributed by atoms with van der Waals surface area (Å²) in [4.78, 5) is 22.3. The van der Waals surface area contributed by atoms with Gasteiger partial charge in [0.05, 0.1) is 12.5 Å². The van der Waals surface area contributed by atoms with Gasteiger partial charge >= 0.3 is 5.97 Å². The third-order valence-electron chi connectivity index (χ3n) is 2.90. The number of rotatable bonds is 8. The van der Waals surface area contributed by atoms with Gasteiger partial charge in [-0.2, -0.15) is 0 Å². The molecular weight excluding hydrogens is 317 g/mol. The zero-order chi connectivity index (χ0) is 15.8. The molecule has 1 aromatic rings. The molecule has 0 spiro atoms. The second kappa shape index (κ2) is 8.87. The molecule has 0 fully saturated rings. The van der Waals surface area contributed by atoms with Crippen molar-refractivity contribution in [3.8, 4) is 0 Å². The number of carboxylic acid groups (broad SMARTS) is 1. The Morgan fingerprint density at radius 2 is 2.10 bits per heavy atom. The van der Waals surface area contributed by atoms with Gasteiger partial charge in [0.25, 0.3) is 0 Å². The minimum atomic E-state index is -0.968. The summed E-state index contributed by atoms with van der Waals surface area (Å²) in [6.07, 6.45) is 0.0499. The van der Waals surface area contributed by atoms with E-state index in [1.54, 1.807) is 18.2 Å². The Balaban J connectivity index is 2.38. The topological polar surface area (TPSA) is 75.6 Å². The standard InChI is InChI=1S/C14H17Cl2NO4/c1-21-11(7-14(19)20)8-17-13(18)5-3-9-2-4-10(15)6-12(9)16/h2,4,6,11H,3,5,7-8H2,1H3,(H,17,18)(H,19,20). The van der Waals surface area contributed by atoms with E-state index in [4.69, 9.17) is 33.0 Å². The highest BCUT2D eigenvalue weighted by Crippen LogP contribution is 2.21. The second-order valence-electron chi connectivity index (χ2n) is 4.50. The minimum absolute atomic E-state index is 0.153. The van der Waals surface area contributed by atoms with Crippen molar-refractivity contribution in [1.82, 2.24) is 5.32 Å². The smallest absolute Gasteiger partial charge is 0.306 e. The van der Waals surface area contributed by atoms with E-state index >= 15 is 0 Å². The van der Waals surface area contributed by atoms with Crippen molar-refractivity contribution in [3.63, 3.8) is 0 Å². The highest BCUT2D eigenvalue weighted by Gasteiger charge is 2.13. The molecule has 1 unspecified atom stereocenters. The van der Waals surface area contributed by atoms with Gasteiger partial charge in [-0.25, -0.2) is 0 Å². The molecule has 1 rings (SSSR count). The fraction of sp³-hybridized carbons (Fsp3) is 0.429. The van der Waals surface area contributed by atoms with Crippen LogP contribution < -0.4 is 5.32 Å². The molecule has 0 saturated heterocycles. The van der Waals surface area contributed by atoms with E-state index in [0.29, 0.717) is 16.5 Å². The fourth-order valence-corrected chi connectivity index (χ4v) is 2.23. The number of aryl methyl sites for hydroxylation is 1. The van der Waals surface area contributed by atoms with Crippen molar-refractivity contribution < 1.29 is 19.4 Å². The molecule has 21 heavy (non-hydrogen) atoms. The molecule has 0 aliphatic carbocycles. The number of halogens is 2. The Bertz CT molecular complexity index is 508. The molecule has 0 saturated carbocycles. The van der Waals surface area contributed by atoms with E-state index in [9.17, 15) is 9.59 Å². The number of amides is 1. The number of carbonyl (C=O) groups excluding carboxylic acids is 1. The Kier molecular flexibility index (Phi) is 7.50. The van der Waals surface area contributed by atoms with E-state index in [2.05, 4.69) is 5.32 Å². The SMILES string of the molecule is COC(CNC(=O)CCc1ccc(Cl)cc1Cl)CC(=O)O. The Labute approximate surface area is 133 Å². The van der Waals surface area contributed by atoms with Crippen LogP contribution >= 0.6 is 23.2 Å². The zero-order valence-corrected chi connectivity index (χ0v) is 13.1. The number of hydrogen-bond donors (Lipinski definition) is 2. The lowest BCUT2D eigenvalue weighted by atomic mass is 10.1. The number of aliphatic carboxylic acids is 1. The van der Waals surface area contributed by atoms with Crippen LogP contribution in [0.15, 0.2) is 18.2 Å². The fourth-order valence-electron chi connectivity index (χ4n) is 1.72. The third kappa shape index (κ3) is 6.80. The summed E-state index contributed by atoms with van der Waals surface area (Å²) < 4.78 is 4.98. The van der Waals surface area contributed by atoms with Crippen molar-refractivity contribution in [3.05, 3.63) is 33.8 Å². The molecular formula is C14H17Cl2NO4. The molecule has 0 radical (unpaired) electrons. The molecule has 0 bridgehead atoms. The van der Waals surface area contributed by atoms with Crippen LogP contribution in [0.2, 0.25) is 10.0 Å². The summed E-state index contributed by atoms with van der Waals surface area (Å²) in [7, 11) is 1.41. The van der Waals surface area contributed by atoms with Crippen LogP contribution in [0.3, 0.4) is 0 Å². The predicted octanol–water partition coefficient (Wildman–Crippen LogP) is 2.53. The first-order valence-electron chi connectivity index (χ1n) is 6.37. The highest BCUT2D eigenvalue weighted by atomic mass is 35.5. The van der Waals surface area contributed by atoms with Gasteiger partial charge in [0.2, 0.25) is 5.91 Å². The van der Waals surface area contributed by atoms with Gasteiger partial charge in [-0.05, 0) is 24.1 Å². The number of carbonyl (C=O) groups is 2. The van der Waals surface area contributed by atoms with Gasteiger partial charge in [-0.15, -0.1) is 0 Å².